The van der Waals surface area contributed by atoms with Crippen molar-refractivity contribution in [1.29, 1.82) is 0 Å². The minimum atomic E-state index is -3.12. The molecule has 3 N–H and O–H groups in total. The van der Waals surface area contributed by atoms with Crippen LogP contribution in [0.2, 0.25) is 5.04 Å². The van der Waals surface area contributed by atoms with Crippen molar-refractivity contribution < 1.29 is 42.6 Å². The fourth-order valence-electron chi connectivity index (χ4n) is 5.80. The Morgan fingerprint density at radius 2 is 1.36 bits per heavy atom. The zero-order valence-electron chi connectivity index (χ0n) is 32.3. The zero-order chi connectivity index (χ0) is 40.4. The predicted octanol–water partition coefficient (Wildman–Crippen LogP) is 5.05. The van der Waals surface area contributed by atoms with Crippen LogP contribution in [0.1, 0.15) is 59.0 Å². The minimum absolute atomic E-state index is 0.0103. The number of benzene rings is 3. The van der Waals surface area contributed by atoms with E-state index in [0.29, 0.717) is 16.3 Å². The van der Waals surface area contributed by atoms with Gasteiger partial charge in [0.2, 0.25) is 5.91 Å². The summed E-state index contributed by atoms with van der Waals surface area (Å²) in [6.07, 6.45) is -0.592. The molecule has 3 aromatic carbocycles. The fourth-order valence-corrected chi connectivity index (χ4v) is 11.2. The summed E-state index contributed by atoms with van der Waals surface area (Å²) >= 11 is 1.19. The van der Waals surface area contributed by atoms with E-state index in [1.165, 1.54) is 30.8 Å². The van der Waals surface area contributed by atoms with Crippen molar-refractivity contribution in [1.82, 2.24) is 15.6 Å². The van der Waals surface area contributed by atoms with Crippen LogP contribution >= 0.6 is 11.3 Å². The van der Waals surface area contributed by atoms with E-state index in [4.69, 9.17) is 18.6 Å². The zero-order valence-corrected chi connectivity index (χ0v) is 34.1. The van der Waals surface area contributed by atoms with Gasteiger partial charge in [-0.2, -0.15) is 0 Å². The van der Waals surface area contributed by atoms with E-state index in [-0.39, 0.29) is 12.3 Å². The van der Waals surface area contributed by atoms with E-state index < -0.39 is 67.5 Å². The van der Waals surface area contributed by atoms with Crippen molar-refractivity contribution in [3.05, 3.63) is 96.0 Å². The summed E-state index contributed by atoms with van der Waals surface area (Å²) in [7, 11) is -1.92. The molecule has 0 bridgehead atoms. The number of hydrogen-bond acceptors (Lipinski definition) is 11. The maximum Gasteiger partial charge on any atom is 0.412 e. The topological polar surface area (TPSA) is 171 Å². The predicted molar refractivity (Wildman–Crippen MR) is 213 cm³/mol. The molecule has 0 saturated heterocycles. The molecule has 292 valence electrons. The van der Waals surface area contributed by atoms with Crippen LogP contribution in [0.3, 0.4) is 0 Å². The molecule has 55 heavy (non-hydrogen) atoms. The van der Waals surface area contributed by atoms with Gasteiger partial charge in [-0.15, -0.1) is 11.3 Å². The van der Waals surface area contributed by atoms with Crippen molar-refractivity contribution in [2.45, 2.75) is 71.2 Å². The molecule has 4 rings (SSSR count). The Bertz CT molecular complexity index is 1900. The van der Waals surface area contributed by atoms with Crippen molar-refractivity contribution in [3.63, 3.8) is 0 Å². The summed E-state index contributed by atoms with van der Waals surface area (Å²) in [5, 5.41) is 11.5. The van der Waals surface area contributed by atoms with Gasteiger partial charge in [0.15, 0.2) is 0 Å². The molecule has 4 aromatic rings. The number of aromatic nitrogens is 1. The molecule has 0 aliphatic rings. The highest BCUT2D eigenvalue weighted by atomic mass is 32.1. The summed E-state index contributed by atoms with van der Waals surface area (Å²) < 4.78 is 22.4. The van der Waals surface area contributed by atoms with Gasteiger partial charge in [-0.05, 0) is 60.4 Å². The standard InChI is InChI=1S/C40H48N4O9SSi/c1-26(45)51-23-31(42-35(47)33-25-54-36(44-33)27-19-21-28(22-20-27)41-38(49)53-39(2,3)4)34(46)43-32(37(48)50-8)24-52-55(40(5,6)7,29-15-11-9-12-16-29)30-17-13-10-14-18-30/h9-22,25,31-32H,23-24H2,1-8H3,(H,41,49)(H,42,47)(H,43,46)/t31-,32-/m0/s1. The van der Waals surface area contributed by atoms with Crippen LogP contribution in [0.15, 0.2) is 90.3 Å². The summed E-state index contributed by atoms with van der Waals surface area (Å²) in [6.45, 7) is 12.0. The van der Waals surface area contributed by atoms with E-state index in [9.17, 15) is 24.0 Å². The average Bonchev–Trinajstić information content (AvgIpc) is 3.63. The number of nitrogens with one attached hydrogen (secondary N) is 3. The van der Waals surface area contributed by atoms with Crippen molar-refractivity contribution in [3.8, 4) is 10.6 Å². The lowest BCUT2D eigenvalue weighted by Gasteiger charge is -2.43. The van der Waals surface area contributed by atoms with Crippen LogP contribution in [-0.2, 0) is 33.0 Å². The van der Waals surface area contributed by atoms with Crippen molar-refractivity contribution in [2.24, 2.45) is 0 Å². The highest BCUT2D eigenvalue weighted by Crippen LogP contribution is 2.37. The molecule has 1 aromatic heterocycles. The third-order valence-electron chi connectivity index (χ3n) is 8.27. The van der Waals surface area contributed by atoms with Crippen LogP contribution < -0.4 is 26.3 Å². The molecule has 13 nitrogen and oxygen atoms in total. The van der Waals surface area contributed by atoms with Crippen LogP contribution in [0.4, 0.5) is 10.5 Å². The largest absolute Gasteiger partial charge is 0.467 e. The summed E-state index contributed by atoms with van der Waals surface area (Å²) in [5.74, 6) is -2.96. The second kappa shape index (κ2) is 18.3. The number of carbonyl (C=O) groups is 5. The number of ether oxygens (including phenoxy) is 3. The third kappa shape index (κ3) is 11.3. The molecular formula is C40H48N4O9SSi. The van der Waals surface area contributed by atoms with Crippen LogP contribution in [-0.4, -0.2) is 81.2 Å². The molecule has 0 radical (unpaired) electrons. The summed E-state index contributed by atoms with van der Waals surface area (Å²) in [5.41, 5.74) is 0.544. The Hall–Kier alpha value is -5.38. The van der Waals surface area contributed by atoms with Gasteiger partial charge in [0, 0.05) is 23.6 Å². The molecular weight excluding hydrogens is 741 g/mol. The lowest BCUT2D eigenvalue weighted by molar-refractivity contribution is -0.148. The van der Waals surface area contributed by atoms with Gasteiger partial charge in [-0.25, -0.2) is 14.6 Å². The van der Waals surface area contributed by atoms with Crippen molar-refractivity contribution >= 4 is 65.6 Å². The van der Waals surface area contributed by atoms with Gasteiger partial charge in [0.25, 0.3) is 14.2 Å². The first-order valence-electron chi connectivity index (χ1n) is 17.6. The van der Waals surface area contributed by atoms with Gasteiger partial charge >= 0.3 is 18.0 Å². The van der Waals surface area contributed by atoms with E-state index in [1.54, 1.807) is 45.0 Å². The number of amides is 3. The monoisotopic (exact) mass is 788 g/mol. The Morgan fingerprint density at radius 1 is 0.782 bits per heavy atom. The first-order chi connectivity index (χ1) is 25.9. The number of nitrogens with zero attached hydrogens (tertiary/aromatic N) is 1. The fraction of sp³-hybridized carbons (Fsp3) is 0.350. The molecule has 1 heterocycles. The van der Waals surface area contributed by atoms with Gasteiger partial charge in [0.05, 0.1) is 13.7 Å². The van der Waals surface area contributed by atoms with Crippen LogP contribution in [0, 0.1) is 0 Å². The Kier molecular flexibility index (Phi) is 14.1. The first-order valence-corrected chi connectivity index (χ1v) is 20.4. The van der Waals surface area contributed by atoms with Crippen LogP contribution in [0.25, 0.3) is 10.6 Å². The Morgan fingerprint density at radius 3 is 1.87 bits per heavy atom. The molecule has 0 aliphatic heterocycles. The second-order valence-corrected chi connectivity index (χ2v) is 19.8. The van der Waals surface area contributed by atoms with Gasteiger partial charge in [-0.1, -0.05) is 81.4 Å². The lowest BCUT2D eigenvalue weighted by Crippen LogP contribution is -2.68. The normalized spacial score (nSPS) is 12.8. The number of hydrogen-bond donors (Lipinski definition) is 3. The maximum absolute atomic E-state index is 13.8. The van der Waals surface area contributed by atoms with E-state index in [0.717, 1.165) is 10.4 Å². The molecule has 0 fully saturated rings. The number of rotatable bonds is 14. The maximum atomic E-state index is 13.8. The number of methoxy groups -OCH3 is 1. The van der Waals surface area contributed by atoms with Gasteiger partial charge in [-0.3, -0.25) is 19.7 Å². The highest BCUT2D eigenvalue weighted by molar-refractivity contribution is 7.13. The summed E-state index contributed by atoms with van der Waals surface area (Å²) in [6, 6.07) is 23.7. The molecule has 15 heteroatoms. The van der Waals surface area contributed by atoms with E-state index in [1.807, 2.05) is 60.7 Å². The molecule has 0 spiro atoms. The van der Waals surface area contributed by atoms with Gasteiger partial charge < -0.3 is 29.3 Å². The van der Waals surface area contributed by atoms with E-state index >= 15 is 0 Å². The molecule has 0 aliphatic carbocycles. The first kappa shape index (κ1) is 42.4. The molecule has 3 amide bonds. The number of thiazole rings is 1. The Labute approximate surface area is 326 Å². The smallest absolute Gasteiger partial charge is 0.412 e. The SMILES string of the molecule is COC(=O)[C@H](CO[Si](c1ccccc1)(c1ccccc1)C(C)(C)C)NC(=O)[C@H](COC(C)=O)NC(=O)c1csc(-c2ccc(NC(=O)OC(C)(C)C)cc2)n1. The highest BCUT2D eigenvalue weighted by Gasteiger charge is 2.51. The number of carbonyl (C=O) groups excluding carboxylic acids is 5. The average molecular weight is 789 g/mol. The third-order valence-corrected chi connectivity index (χ3v) is 14.2. The summed E-state index contributed by atoms with van der Waals surface area (Å²) in [4.78, 5) is 68.8. The van der Waals surface area contributed by atoms with E-state index in [2.05, 4.69) is 41.7 Å². The minimum Gasteiger partial charge on any atom is -0.467 e. The molecule has 0 unspecified atom stereocenters. The lowest BCUT2D eigenvalue weighted by atomic mass is 10.2. The van der Waals surface area contributed by atoms with Crippen molar-refractivity contribution in [2.75, 3.05) is 25.6 Å². The molecule has 2 atom stereocenters. The number of anilines is 1. The second-order valence-electron chi connectivity index (χ2n) is 14.6. The van der Waals surface area contributed by atoms with Gasteiger partial charge in [0.1, 0.15) is 35.0 Å². The number of esters is 2. The Balaban J connectivity index is 1.53. The quantitative estimate of drug-likeness (QED) is 0.0893. The van der Waals surface area contributed by atoms with Crippen LogP contribution in [0.5, 0.6) is 0 Å². The molecule has 0 saturated carbocycles.